The number of phenolic OH excluding ortho intramolecular Hbond substituents is 1. The lowest BCUT2D eigenvalue weighted by Crippen LogP contribution is -2.61. The second-order valence-electron chi connectivity index (χ2n) is 10.1. The van der Waals surface area contributed by atoms with Crippen LogP contribution in [0.3, 0.4) is 0 Å². The minimum Gasteiger partial charge on any atom is -0.507 e. The number of rotatable bonds is 4. The van der Waals surface area contributed by atoms with Crippen LogP contribution in [0.1, 0.15) is 40.5 Å². The number of nitrogens with one attached hydrogen (secondary N) is 1. The van der Waals surface area contributed by atoms with Gasteiger partial charge in [0.2, 0.25) is 5.13 Å². The van der Waals surface area contributed by atoms with Crippen LogP contribution in [0.25, 0.3) is 21.7 Å². The third-order valence-electron chi connectivity index (χ3n) is 6.10. The van der Waals surface area contributed by atoms with Crippen molar-refractivity contribution in [3.05, 3.63) is 46.9 Å². The number of anilines is 1. The quantitative estimate of drug-likeness (QED) is 0.621. The fourth-order valence-corrected chi connectivity index (χ4v) is 5.70. The Morgan fingerprint density at radius 3 is 2.38 bits per heavy atom. The number of nitrogens with zero attached hydrogens (tertiary/aromatic N) is 4. The highest BCUT2D eigenvalue weighted by molar-refractivity contribution is 7.18. The van der Waals surface area contributed by atoms with Gasteiger partial charge in [-0.15, -0.1) is 10.2 Å². The molecule has 1 saturated heterocycles. The van der Waals surface area contributed by atoms with Gasteiger partial charge < -0.3 is 19.9 Å². The van der Waals surface area contributed by atoms with Gasteiger partial charge in [-0.25, -0.2) is 0 Å². The zero-order valence-corrected chi connectivity index (χ0v) is 20.3. The SMILES string of the molecule is CN(c1nnc(-c2ccc(-c3ccn(C)c(=O)c3)cc2O)s1)C1CC(C)(C)NC(C)(C)C1. The van der Waals surface area contributed by atoms with Crippen molar-refractivity contribution >= 4 is 16.5 Å². The number of aromatic hydroxyl groups is 1. The van der Waals surface area contributed by atoms with Crippen molar-refractivity contribution < 1.29 is 5.11 Å². The van der Waals surface area contributed by atoms with Crippen LogP contribution in [0.4, 0.5) is 5.13 Å². The van der Waals surface area contributed by atoms with E-state index in [4.69, 9.17) is 0 Å². The van der Waals surface area contributed by atoms with Gasteiger partial charge in [-0.1, -0.05) is 17.4 Å². The van der Waals surface area contributed by atoms with E-state index in [-0.39, 0.29) is 22.4 Å². The largest absolute Gasteiger partial charge is 0.507 e. The van der Waals surface area contributed by atoms with Gasteiger partial charge in [0.15, 0.2) is 5.01 Å². The van der Waals surface area contributed by atoms with Crippen LogP contribution in [0.5, 0.6) is 5.75 Å². The molecule has 8 heteroatoms. The van der Waals surface area contributed by atoms with E-state index < -0.39 is 0 Å². The Morgan fingerprint density at radius 2 is 1.75 bits per heavy atom. The van der Waals surface area contributed by atoms with Gasteiger partial charge in [0, 0.05) is 43.5 Å². The average Bonchev–Trinajstić information content (AvgIpc) is 3.17. The Bertz CT molecular complexity index is 1180. The molecule has 0 amide bonds. The van der Waals surface area contributed by atoms with Crippen LogP contribution in [0, 0.1) is 0 Å². The molecule has 4 rings (SSSR count). The van der Waals surface area contributed by atoms with E-state index in [0.717, 1.165) is 29.1 Å². The molecule has 32 heavy (non-hydrogen) atoms. The van der Waals surface area contributed by atoms with E-state index in [2.05, 4.69) is 55.2 Å². The summed E-state index contributed by atoms with van der Waals surface area (Å²) in [5, 5.41) is 24.7. The molecule has 3 aromatic rings. The van der Waals surface area contributed by atoms with Gasteiger partial charge in [-0.3, -0.25) is 4.79 Å². The van der Waals surface area contributed by atoms with Crippen molar-refractivity contribution in [1.29, 1.82) is 0 Å². The van der Waals surface area contributed by atoms with Crippen LogP contribution in [-0.2, 0) is 7.05 Å². The summed E-state index contributed by atoms with van der Waals surface area (Å²) in [5.41, 5.74) is 2.18. The fourth-order valence-electron chi connectivity index (χ4n) is 4.79. The predicted octanol–water partition coefficient (Wildman–Crippen LogP) is 4.02. The van der Waals surface area contributed by atoms with Gasteiger partial charge in [0.1, 0.15) is 5.75 Å². The molecular weight excluding hydrogens is 422 g/mol. The Morgan fingerprint density at radius 1 is 1.09 bits per heavy atom. The molecule has 1 aromatic carbocycles. The Kier molecular flexibility index (Phi) is 5.63. The molecule has 2 aromatic heterocycles. The topological polar surface area (TPSA) is 83.3 Å². The summed E-state index contributed by atoms with van der Waals surface area (Å²) in [6, 6.07) is 9.17. The number of phenols is 1. The number of benzene rings is 1. The first-order valence-electron chi connectivity index (χ1n) is 10.8. The predicted molar refractivity (Wildman–Crippen MR) is 130 cm³/mol. The number of pyridine rings is 1. The molecule has 1 aliphatic rings. The lowest BCUT2D eigenvalue weighted by molar-refractivity contribution is 0.161. The normalized spacial score (nSPS) is 17.9. The van der Waals surface area contributed by atoms with Crippen LogP contribution >= 0.6 is 11.3 Å². The zero-order valence-electron chi connectivity index (χ0n) is 19.5. The molecule has 1 fully saturated rings. The number of hydrogen-bond donors (Lipinski definition) is 2. The number of piperidine rings is 1. The van der Waals surface area contributed by atoms with Crippen molar-refractivity contribution in [2.24, 2.45) is 7.05 Å². The fraction of sp³-hybridized carbons (Fsp3) is 0.458. The first-order chi connectivity index (χ1) is 14.9. The molecule has 170 valence electrons. The van der Waals surface area contributed by atoms with E-state index in [0.29, 0.717) is 16.6 Å². The molecular formula is C24H31N5O2S. The summed E-state index contributed by atoms with van der Waals surface area (Å²) >= 11 is 1.48. The molecule has 0 unspecified atom stereocenters. The van der Waals surface area contributed by atoms with E-state index in [1.54, 1.807) is 25.4 Å². The monoisotopic (exact) mass is 453 g/mol. The zero-order chi connectivity index (χ0) is 23.3. The van der Waals surface area contributed by atoms with Gasteiger partial charge in [0.25, 0.3) is 5.56 Å². The Balaban J connectivity index is 1.58. The van der Waals surface area contributed by atoms with Gasteiger partial charge in [-0.05, 0) is 69.9 Å². The molecule has 0 radical (unpaired) electrons. The van der Waals surface area contributed by atoms with Crippen LogP contribution in [0.2, 0.25) is 0 Å². The van der Waals surface area contributed by atoms with Crippen molar-refractivity contribution in [1.82, 2.24) is 20.1 Å². The second kappa shape index (κ2) is 8.01. The summed E-state index contributed by atoms with van der Waals surface area (Å²) in [5.74, 6) is 0.123. The molecule has 7 nitrogen and oxygen atoms in total. The summed E-state index contributed by atoms with van der Waals surface area (Å²) in [6.45, 7) is 8.95. The molecule has 0 aliphatic carbocycles. The van der Waals surface area contributed by atoms with Gasteiger partial charge in [-0.2, -0.15) is 0 Å². The highest BCUT2D eigenvalue weighted by Gasteiger charge is 2.39. The standard InChI is InChI=1S/C24H31N5O2S/c1-23(2)13-17(14-24(3,4)27-23)29(6)22-26-25-21(32-22)18-8-7-15(11-19(18)30)16-9-10-28(5)20(31)12-16/h7-12,17,27,30H,13-14H2,1-6H3. The van der Waals surface area contributed by atoms with Crippen LogP contribution in [0.15, 0.2) is 41.3 Å². The molecule has 2 N–H and O–H groups in total. The molecule has 0 bridgehead atoms. The first kappa shape index (κ1) is 22.5. The molecule has 0 saturated carbocycles. The highest BCUT2D eigenvalue weighted by Crippen LogP contribution is 2.39. The summed E-state index contributed by atoms with van der Waals surface area (Å²) in [4.78, 5) is 14.2. The highest BCUT2D eigenvalue weighted by atomic mass is 32.1. The number of aryl methyl sites for hydroxylation is 1. The molecule has 0 spiro atoms. The summed E-state index contributed by atoms with van der Waals surface area (Å²) in [7, 11) is 3.79. The maximum atomic E-state index is 11.9. The van der Waals surface area contributed by atoms with E-state index >= 15 is 0 Å². The Labute approximate surface area is 192 Å². The average molecular weight is 454 g/mol. The van der Waals surface area contributed by atoms with Crippen molar-refractivity contribution in [3.8, 4) is 27.4 Å². The lowest BCUT2D eigenvalue weighted by atomic mass is 9.79. The number of aromatic nitrogens is 3. The van der Waals surface area contributed by atoms with E-state index in [9.17, 15) is 9.90 Å². The first-order valence-corrected chi connectivity index (χ1v) is 11.6. The van der Waals surface area contributed by atoms with Crippen LogP contribution in [-0.4, -0.2) is 44.0 Å². The molecule has 0 atom stereocenters. The van der Waals surface area contributed by atoms with Crippen molar-refractivity contribution in [3.63, 3.8) is 0 Å². The van der Waals surface area contributed by atoms with Crippen molar-refractivity contribution in [2.75, 3.05) is 11.9 Å². The third kappa shape index (κ3) is 4.56. The van der Waals surface area contributed by atoms with E-state index in [1.165, 1.54) is 15.9 Å². The number of hydrogen-bond acceptors (Lipinski definition) is 7. The minimum absolute atomic E-state index is 0.0424. The van der Waals surface area contributed by atoms with Gasteiger partial charge >= 0.3 is 0 Å². The molecule has 1 aliphatic heterocycles. The van der Waals surface area contributed by atoms with Crippen molar-refractivity contribution in [2.45, 2.75) is 57.7 Å². The second-order valence-corrected chi connectivity index (χ2v) is 11.0. The van der Waals surface area contributed by atoms with Crippen LogP contribution < -0.4 is 15.8 Å². The maximum Gasteiger partial charge on any atom is 0.250 e. The summed E-state index contributed by atoms with van der Waals surface area (Å²) < 4.78 is 1.52. The third-order valence-corrected chi connectivity index (χ3v) is 7.15. The summed E-state index contributed by atoms with van der Waals surface area (Å²) in [6.07, 6.45) is 3.75. The maximum absolute atomic E-state index is 11.9. The Hall–Kier alpha value is -2.71. The smallest absolute Gasteiger partial charge is 0.250 e. The van der Waals surface area contributed by atoms with Gasteiger partial charge in [0.05, 0.1) is 5.56 Å². The lowest BCUT2D eigenvalue weighted by Gasteiger charge is -2.48. The van der Waals surface area contributed by atoms with E-state index in [1.807, 2.05) is 18.2 Å². The molecule has 3 heterocycles. The minimum atomic E-state index is -0.0906.